The Morgan fingerprint density at radius 3 is 2.58 bits per heavy atom. The van der Waals surface area contributed by atoms with Crippen molar-refractivity contribution < 1.29 is 14.4 Å². The zero-order chi connectivity index (χ0) is 18.5. The molecule has 0 fully saturated rings. The smallest absolute Gasteiger partial charge is 0.254 e. The SMILES string of the molecule is O=C(CC[C@H]1NC(=O)c2ccccc2NC1=O)NCc1ccc(Cl)cc1. The number of anilines is 1. The maximum atomic E-state index is 12.3. The highest BCUT2D eigenvalue weighted by Gasteiger charge is 2.27. The fourth-order valence-electron chi connectivity index (χ4n) is 2.68. The number of halogens is 1. The van der Waals surface area contributed by atoms with Crippen molar-refractivity contribution in [3.63, 3.8) is 0 Å². The average Bonchev–Trinajstić information content (AvgIpc) is 2.76. The van der Waals surface area contributed by atoms with E-state index in [1.807, 2.05) is 12.1 Å². The molecular formula is C19H18ClN3O3. The second kappa shape index (κ2) is 8.01. The van der Waals surface area contributed by atoms with Crippen molar-refractivity contribution in [3.8, 4) is 0 Å². The summed E-state index contributed by atoms with van der Waals surface area (Å²) in [7, 11) is 0. The summed E-state index contributed by atoms with van der Waals surface area (Å²) in [6.45, 7) is 0.380. The Morgan fingerprint density at radius 2 is 1.81 bits per heavy atom. The fraction of sp³-hybridized carbons (Fsp3) is 0.211. The van der Waals surface area contributed by atoms with Crippen LogP contribution in [-0.2, 0) is 16.1 Å². The Kier molecular flexibility index (Phi) is 5.53. The van der Waals surface area contributed by atoms with Gasteiger partial charge in [-0.3, -0.25) is 14.4 Å². The number of rotatable bonds is 5. The Hall–Kier alpha value is -2.86. The molecule has 26 heavy (non-hydrogen) atoms. The van der Waals surface area contributed by atoms with Crippen molar-refractivity contribution >= 4 is 35.0 Å². The van der Waals surface area contributed by atoms with E-state index in [4.69, 9.17) is 11.6 Å². The van der Waals surface area contributed by atoms with E-state index in [9.17, 15) is 14.4 Å². The zero-order valence-corrected chi connectivity index (χ0v) is 14.7. The number of fused-ring (bicyclic) bond motifs is 1. The van der Waals surface area contributed by atoms with Crippen LogP contribution in [0.5, 0.6) is 0 Å². The first-order valence-corrected chi connectivity index (χ1v) is 8.62. The van der Waals surface area contributed by atoms with Crippen LogP contribution in [0.2, 0.25) is 5.02 Å². The number of carbonyl (C=O) groups excluding carboxylic acids is 3. The second-order valence-electron chi connectivity index (χ2n) is 6.00. The van der Waals surface area contributed by atoms with E-state index in [0.29, 0.717) is 22.8 Å². The molecule has 1 aliphatic rings. The molecule has 7 heteroatoms. The number of nitrogens with one attached hydrogen (secondary N) is 3. The van der Waals surface area contributed by atoms with E-state index in [-0.39, 0.29) is 30.6 Å². The number of para-hydroxylation sites is 1. The van der Waals surface area contributed by atoms with E-state index in [2.05, 4.69) is 16.0 Å². The van der Waals surface area contributed by atoms with Crippen LogP contribution in [0.4, 0.5) is 5.69 Å². The molecule has 1 aliphatic heterocycles. The molecule has 134 valence electrons. The van der Waals surface area contributed by atoms with Crippen molar-refractivity contribution in [1.29, 1.82) is 0 Å². The lowest BCUT2D eigenvalue weighted by Crippen LogP contribution is -2.42. The van der Waals surface area contributed by atoms with Crippen LogP contribution in [-0.4, -0.2) is 23.8 Å². The van der Waals surface area contributed by atoms with Crippen LogP contribution in [0.25, 0.3) is 0 Å². The molecule has 2 aromatic rings. The lowest BCUT2D eigenvalue weighted by molar-refractivity contribution is -0.122. The minimum Gasteiger partial charge on any atom is -0.352 e. The maximum absolute atomic E-state index is 12.3. The quantitative estimate of drug-likeness (QED) is 0.754. The molecule has 0 saturated heterocycles. The number of amides is 3. The van der Waals surface area contributed by atoms with Gasteiger partial charge in [0.15, 0.2) is 0 Å². The standard InChI is InChI=1S/C19H18ClN3O3/c20-13-7-5-12(6-8-13)11-21-17(24)10-9-16-19(26)22-15-4-2-1-3-14(15)18(25)23-16/h1-8,16H,9-11H2,(H,21,24)(H,22,26)(H,23,25)/t16-/m1/s1. The van der Waals surface area contributed by atoms with Gasteiger partial charge in [0, 0.05) is 18.0 Å². The summed E-state index contributed by atoms with van der Waals surface area (Å²) in [4.78, 5) is 36.5. The largest absolute Gasteiger partial charge is 0.352 e. The minimum atomic E-state index is -0.754. The Bertz CT molecular complexity index is 836. The first kappa shape index (κ1) is 17.9. The molecule has 0 unspecified atom stereocenters. The van der Waals surface area contributed by atoms with Gasteiger partial charge in [-0.1, -0.05) is 35.9 Å². The van der Waals surface area contributed by atoms with Crippen molar-refractivity contribution in [2.24, 2.45) is 0 Å². The summed E-state index contributed by atoms with van der Waals surface area (Å²) in [5.41, 5.74) is 1.82. The van der Waals surface area contributed by atoms with Crippen molar-refractivity contribution in [1.82, 2.24) is 10.6 Å². The van der Waals surface area contributed by atoms with Gasteiger partial charge in [0.1, 0.15) is 6.04 Å². The number of benzene rings is 2. The molecule has 2 aromatic carbocycles. The molecular weight excluding hydrogens is 354 g/mol. The van der Waals surface area contributed by atoms with Crippen LogP contribution in [0.1, 0.15) is 28.8 Å². The molecule has 3 amide bonds. The van der Waals surface area contributed by atoms with Crippen molar-refractivity contribution in [2.45, 2.75) is 25.4 Å². The first-order valence-electron chi connectivity index (χ1n) is 8.25. The predicted molar refractivity (Wildman–Crippen MR) is 98.9 cm³/mol. The van der Waals surface area contributed by atoms with Gasteiger partial charge in [0.05, 0.1) is 11.3 Å². The molecule has 1 atom stereocenters. The molecule has 0 bridgehead atoms. The summed E-state index contributed by atoms with van der Waals surface area (Å²) in [6, 6.07) is 13.2. The molecule has 0 aromatic heterocycles. The Labute approximate surface area is 155 Å². The normalized spacial score (nSPS) is 16.1. The van der Waals surface area contributed by atoms with Gasteiger partial charge in [-0.15, -0.1) is 0 Å². The van der Waals surface area contributed by atoms with Gasteiger partial charge >= 0.3 is 0 Å². The summed E-state index contributed by atoms with van der Waals surface area (Å²) in [5.74, 6) is -0.844. The number of carbonyl (C=O) groups is 3. The molecule has 3 rings (SSSR count). The molecule has 0 radical (unpaired) electrons. The molecule has 0 spiro atoms. The molecule has 3 N–H and O–H groups in total. The van der Waals surface area contributed by atoms with Gasteiger partial charge < -0.3 is 16.0 Å². The van der Waals surface area contributed by atoms with Crippen LogP contribution in [0.15, 0.2) is 48.5 Å². The van der Waals surface area contributed by atoms with Gasteiger partial charge in [0.25, 0.3) is 5.91 Å². The molecule has 1 heterocycles. The predicted octanol–water partition coefficient (Wildman–Crippen LogP) is 2.49. The lowest BCUT2D eigenvalue weighted by Gasteiger charge is -2.14. The van der Waals surface area contributed by atoms with Crippen LogP contribution in [0, 0.1) is 0 Å². The Balaban J connectivity index is 1.52. The van der Waals surface area contributed by atoms with E-state index >= 15 is 0 Å². The van der Waals surface area contributed by atoms with Crippen LogP contribution < -0.4 is 16.0 Å². The average molecular weight is 372 g/mol. The highest BCUT2D eigenvalue weighted by atomic mass is 35.5. The fourth-order valence-corrected chi connectivity index (χ4v) is 2.81. The van der Waals surface area contributed by atoms with Crippen LogP contribution >= 0.6 is 11.6 Å². The van der Waals surface area contributed by atoms with Gasteiger partial charge in [-0.2, -0.15) is 0 Å². The summed E-state index contributed by atoms with van der Waals surface area (Å²) >= 11 is 5.82. The second-order valence-corrected chi connectivity index (χ2v) is 6.44. The van der Waals surface area contributed by atoms with Crippen LogP contribution in [0.3, 0.4) is 0 Å². The van der Waals surface area contributed by atoms with Crippen molar-refractivity contribution in [2.75, 3.05) is 5.32 Å². The van der Waals surface area contributed by atoms with E-state index < -0.39 is 6.04 Å². The Morgan fingerprint density at radius 1 is 1.08 bits per heavy atom. The lowest BCUT2D eigenvalue weighted by atomic mass is 10.1. The third kappa shape index (κ3) is 4.40. The third-order valence-electron chi connectivity index (χ3n) is 4.11. The zero-order valence-electron chi connectivity index (χ0n) is 13.9. The third-order valence-corrected chi connectivity index (χ3v) is 4.37. The maximum Gasteiger partial charge on any atom is 0.254 e. The van der Waals surface area contributed by atoms with E-state index in [1.165, 1.54) is 0 Å². The summed E-state index contributed by atoms with van der Waals surface area (Å²) in [6.07, 6.45) is 0.348. The minimum absolute atomic E-state index is 0.127. The highest BCUT2D eigenvalue weighted by molar-refractivity contribution is 6.30. The van der Waals surface area contributed by atoms with E-state index in [1.54, 1.807) is 36.4 Å². The van der Waals surface area contributed by atoms with Gasteiger partial charge in [0.2, 0.25) is 11.8 Å². The number of hydrogen-bond acceptors (Lipinski definition) is 3. The molecule has 0 saturated carbocycles. The topological polar surface area (TPSA) is 87.3 Å². The monoisotopic (exact) mass is 371 g/mol. The summed E-state index contributed by atoms with van der Waals surface area (Å²) in [5, 5.41) is 8.82. The molecule has 6 nitrogen and oxygen atoms in total. The molecule has 0 aliphatic carbocycles. The van der Waals surface area contributed by atoms with Crippen molar-refractivity contribution in [3.05, 3.63) is 64.7 Å². The highest BCUT2D eigenvalue weighted by Crippen LogP contribution is 2.19. The number of hydrogen-bond donors (Lipinski definition) is 3. The van der Waals surface area contributed by atoms with Gasteiger partial charge in [-0.25, -0.2) is 0 Å². The summed E-state index contributed by atoms with van der Waals surface area (Å²) < 4.78 is 0. The first-order chi connectivity index (χ1) is 12.5. The van der Waals surface area contributed by atoms with E-state index in [0.717, 1.165) is 5.56 Å². The van der Waals surface area contributed by atoms with Gasteiger partial charge in [-0.05, 0) is 36.2 Å².